The van der Waals surface area contributed by atoms with Gasteiger partial charge in [-0.15, -0.1) is 0 Å². The van der Waals surface area contributed by atoms with Gasteiger partial charge in [-0.3, -0.25) is 0 Å². The van der Waals surface area contributed by atoms with Crippen molar-refractivity contribution in [3.8, 4) is 33.8 Å². The highest BCUT2D eigenvalue weighted by Crippen LogP contribution is 2.49. The molecule has 6 aromatic rings. The number of aryl methyl sites for hydroxylation is 1. The molecule has 5 aromatic carbocycles. The third kappa shape index (κ3) is 5.22. The van der Waals surface area contributed by atoms with E-state index in [0.29, 0.717) is 24.2 Å². The van der Waals surface area contributed by atoms with Gasteiger partial charge in [0.05, 0.1) is 17.1 Å². The molecule has 0 saturated heterocycles. The van der Waals surface area contributed by atoms with E-state index in [0.717, 1.165) is 22.6 Å². The van der Waals surface area contributed by atoms with Crippen LogP contribution in [-0.2, 0) is 0 Å². The summed E-state index contributed by atoms with van der Waals surface area (Å²) in [6.07, 6.45) is 0. The molecule has 0 fully saturated rings. The molecule has 5 nitrogen and oxygen atoms in total. The van der Waals surface area contributed by atoms with Crippen LogP contribution in [0.15, 0.2) is 121 Å². The zero-order valence-corrected chi connectivity index (χ0v) is 27.1. The molecule has 1 aliphatic rings. The van der Waals surface area contributed by atoms with Gasteiger partial charge in [-0.1, -0.05) is 94.4 Å². The van der Waals surface area contributed by atoms with Gasteiger partial charge in [0.15, 0.2) is 0 Å². The molecule has 1 aromatic heterocycles. The molecule has 1 aliphatic heterocycles. The van der Waals surface area contributed by atoms with Crippen LogP contribution in [0.3, 0.4) is 0 Å². The molecule has 5 heteroatoms. The molecule has 230 valence electrons. The Bertz CT molecular complexity index is 2000. The minimum atomic E-state index is 0.209. The van der Waals surface area contributed by atoms with Crippen LogP contribution in [0.1, 0.15) is 56.4 Å². The summed E-state index contributed by atoms with van der Waals surface area (Å²) >= 11 is 0. The Morgan fingerprint density at radius 2 is 1.17 bits per heavy atom. The van der Waals surface area contributed by atoms with Crippen LogP contribution >= 0.6 is 0 Å². The normalized spacial score (nSPS) is 12.8. The predicted molar refractivity (Wildman–Crippen MR) is 191 cm³/mol. The molecule has 46 heavy (non-hydrogen) atoms. The molecule has 0 atom stereocenters. The van der Waals surface area contributed by atoms with E-state index < -0.39 is 0 Å². The highest BCUT2D eigenvalue weighted by atomic mass is 16.3. The summed E-state index contributed by atoms with van der Waals surface area (Å²) in [5.74, 6) is 0.910. The molecule has 0 bridgehead atoms. The number of nitrogens with zero attached hydrogens (tertiary/aromatic N) is 4. The van der Waals surface area contributed by atoms with Crippen molar-refractivity contribution in [2.45, 2.75) is 46.5 Å². The third-order valence-corrected chi connectivity index (χ3v) is 8.99. The number of fused-ring (bicyclic) bond motifs is 1. The van der Waals surface area contributed by atoms with Crippen molar-refractivity contribution in [3.63, 3.8) is 0 Å². The number of phenols is 1. The molecule has 0 amide bonds. The molecule has 7 rings (SSSR count). The van der Waals surface area contributed by atoms with Crippen LogP contribution in [0.2, 0.25) is 0 Å². The van der Waals surface area contributed by atoms with Crippen LogP contribution in [0.25, 0.3) is 28.1 Å². The summed E-state index contributed by atoms with van der Waals surface area (Å²) in [5, 5.41) is 15.4. The summed E-state index contributed by atoms with van der Waals surface area (Å²) < 4.78 is 1.81. The van der Waals surface area contributed by atoms with Crippen LogP contribution in [-0.4, -0.2) is 21.6 Å². The fourth-order valence-corrected chi connectivity index (χ4v) is 6.63. The van der Waals surface area contributed by atoms with Gasteiger partial charge in [-0.25, -0.2) is 4.68 Å². The van der Waals surface area contributed by atoms with Crippen molar-refractivity contribution in [3.05, 3.63) is 138 Å². The lowest BCUT2D eigenvalue weighted by atomic mass is 9.87. The summed E-state index contributed by atoms with van der Waals surface area (Å²) in [4.78, 5) is 4.92. The zero-order chi connectivity index (χ0) is 31.9. The number of aromatic nitrogens is 2. The van der Waals surface area contributed by atoms with E-state index in [1.165, 1.54) is 39.3 Å². The zero-order valence-electron chi connectivity index (χ0n) is 27.1. The Morgan fingerprint density at radius 1 is 0.587 bits per heavy atom. The first kappa shape index (κ1) is 29.4. The van der Waals surface area contributed by atoms with Crippen LogP contribution in [0.5, 0.6) is 5.75 Å². The van der Waals surface area contributed by atoms with E-state index in [2.05, 4.69) is 135 Å². The number of benzene rings is 5. The second kappa shape index (κ2) is 11.9. The van der Waals surface area contributed by atoms with Gasteiger partial charge >= 0.3 is 0 Å². The predicted octanol–water partition coefficient (Wildman–Crippen LogP) is 10.7. The summed E-state index contributed by atoms with van der Waals surface area (Å²) in [6, 6.07) is 42.3. The maximum absolute atomic E-state index is 10.5. The van der Waals surface area contributed by atoms with Crippen molar-refractivity contribution in [2.75, 3.05) is 16.5 Å². The minimum absolute atomic E-state index is 0.209. The molecular formula is C41H40N4O. The lowest BCUT2D eigenvalue weighted by Gasteiger charge is -2.30. The number of para-hydroxylation sites is 4. The number of anilines is 4. The van der Waals surface area contributed by atoms with Gasteiger partial charge in [0, 0.05) is 22.6 Å². The molecular weight excluding hydrogens is 564 g/mol. The maximum atomic E-state index is 10.5. The standard InChI is InChI=1S/C41H40N4O/c1-27(2)34-24-32(30-14-7-6-8-15-30)25-35(28(3)4)41(34)44-26-43(37-18-9-10-19-38(37)44)33-17-13-16-31(23-33)36-22-29(5)45(42-36)39-20-11-12-21-40(39)46/h6-25,27-28,46H,26H2,1-5H3. The monoisotopic (exact) mass is 604 g/mol. The van der Waals surface area contributed by atoms with Crippen molar-refractivity contribution in [1.29, 1.82) is 0 Å². The molecule has 0 radical (unpaired) electrons. The van der Waals surface area contributed by atoms with Gasteiger partial charge in [0.2, 0.25) is 0 Å². The Labute approximate surface area is 272 Å². The second-order valence-corrected chi connectivity index (χ2v) is 12.8. The van der Waals surface area contributed by atoms with Crippen molar-refractivity contribution < 1.29 is 5.11 Å². The van der Waals surface area contributed by atoms with Crippen molar-refractivity contribution >= 4 is 22.7 Å². The third-order valence-electron chi connectivity index (χ3n) is 8.99. The van der Waals surface area contributed by atoms with E-state index in [1.54, 1.807) is 6.07 Å². The largest absolute Gasteiger partial charge is 0.506 e. The Morgan fingerprint density at radius 3 is 1.83 bits per heavy atom. The first-order chi connectivity index (χ1) is 22.3. The Balaban J connectivity index is 1.31. The van der Waals surface area contributed by atoms with E-state index in [1.807, 2.05) is 29.8 Å². The molecule has 1 N–H and O–H groups in total. The number of aromatic hydroxyl groups is 1. The van der Waals surface area contributed by atoms with Gasteiger partial charge in [0.25, 0.3) is 0 Å². The number of rotatable bonds is 7. The fourth-order valence-electron chi connectivity index (χ4n) is 6.63. The Hall–Kier alpha value is -5.29. The summed E-state index contributed by atoms with van der Waals surface area (Å²) in [7, 11) is 0. The first-order valence-electron chi connectivity index (χ1n) is 16.1. The fraction of sp³-hybridized carbons (Fsp3) is 0.195. The first-order valence-corrected chi connectivity index (χ1v) is 16.1. The number of phenolic OH excluding ortho intramolecular Hbond substituents is 1. The topological polar surface area (TPSA) is 44.5 Å². The molecule has 0 spiro atoms. The Kier molecular flexibility index (Phi) is 7.61. The maximum Gasteiger partial charge on any atom is 0.141 e. The van der Waals surface area contributed by atoms with Gasteiger partial charge in [-0.2, -0.15) is 5.10 Å². The SMILES string of the molecule is Cc1cc(-c2cccc(N3CN(c4c(C(C)C)cc(-c5ccccc5)cc4C(C)C)c4ccccc43)c2)nn1-c1ccccc1O. The average molecular weight is 605 g/mol. The number of hydrogen-bond donors (Lipinski definition) is 1. The summed E-state index contributed by atoms with van der Waals surface area (Å²) in [6.45, 7) is 11.9. The van der Waals surface area contributed by atoms with Crippen molar-refractivity contribution in [1.82, 2.24) is 9.78 Å². The van der Waals surface area contributed by atoms with E-state index in [9.17, 15) is 5.11 Å². The summed E-state index contributed by atoms with van der Waals surface area (Å²) in [5.41, 5.74) is 13.6. The molecule has 2 heterocycles. The highest BCUT2D eigenvalue weighted by molar-refractivity contribution is 5.90. The molecule has 0 saturated carbocycles. The van der Waals surface area contributed by atoms with Crippen LogP contribution < -0.4 is 9.80 Å². The van der Waals surface area contributed by atoms with Crippen LogP contribution in [0, 0.1) is 6.92 Å². The highest BCUT2D eigenvalue weighted by Gasteiger charge is 2.32. The average Bonchev–Trinajstić information content (AvgIpc) is 3.65. The lowest BCUT2D eigenvalue weighted by molar-refractivity contribution is 0.470. The van der Waals surface area contributed by atoms with Gasteiger partial charge < -0.3 is 14.9 Å². The second-order valence-electron chi connectivity index (χ2n) is 12.8. The molecule has 0 unspecified atom stereocenters. The smallest absolute Gasteiger partial charge is 0.141 e. The quantitative estimate of drug-likeness (QED) is 0.197. The van der Waals surface area contributed by atoms with E-state index in [-0.39, 0.29) is 5.75 Å². The minimum Gasteiger partial charge on any atom is -0.506 e. The van der Waals surface area contributed by atoms with Gasteiger partial charge in [0.1, 0.15) is 18.1 Å². The number of hydrogen-bond acceptors (Lipinski definition) is 4. The van der Waals surface area contributed by atoms with Crippen LogP contribution in [0.4, 0.5) is 22.7 Å². The van der Waals surface area contributed by atoms with E-state index in [4.69, 9.17) is 5.10 Å². The molecule has 0 aliphatic carbocycles. The van der Waals surface area contributed by atoms with Gasteiger partial charge in [-0.05, 0) is 95.6 Å². The van der Waals surface area contributed by atoms with E-state index >= 15 is 0 Å². The lowest BCUT2D eigenvalue weighted by Crippen LogP contribution is -2.26. The van der Waals surface area contributed by atoms with Crippen molar-refractivity contribution in [2.24, 2.45) is 0 Å².